The number of carbonyl (C=O) groups is 1. The molecule has 0 saturated carbocycles. The monoisotopic (exact) mass is 266 g/mol. The lowest BCUT2D eigenvalue weighted by Gasteiger charge is -1.91. The SMILES string of the molecule is C=C(C(=O)O)c1cc(Br)c(Cl)s1. The molecule has 0 spiro atoms. The first-order chi connectivity index (χ1) is 5.52. The summed E-state index contributed by atoms with van der Waals surface area (Å²) >= 11 is 10.1. The van der Waals surface area contributed by atoms with Crippen molar-refractivity contribution in [3.8, 4) is 0 Å². The molecule has 2 nitrogen and oxygen atoms in total. The van der Waals surface area contributed by atoms with Crippen LogP contribution < -0.4 is 0 Å². The molecule has 64 valence electrons. The van der Waals surface area contributed by atoms with E-state index in [1.165, 1.54) is 11.3 Å². The Labute approximate surface area is 86.6 Å². The van der Waals surface area contributed by atoms with Gasteiger partial charge < -0.3 is 5.11 Å². The van der Waals surface area contributed by atoms with Crippen LogP contribution in [0.15, 0.2) is 17.1 Å². The lowest BCUT2D eigenvalue weighted by molar-refractivity contribution is -0.130. The fourth-order valence-electron chi connectivity index (χ4n) is 0.601. The summed E-state index contributed by atoms with van der Waals surface area (Å²) in [4.78, 5) is 11.0. The van der Waals surface area contributed by atoms with Crippen molar-refractivity contribution in [3.63, 3.8) is 0 Å². The highest BCUT2D eigenvalue weighted by molar-refractivity contribution is 9.10. The van der Waals surface area contributed by atoms with Crippen molar-refractivity contribution in [1.82, 2.24) is 0 Å². The van der Waals surface area contributed by atoms with E-state index in [1.54, 1.807) is 6.07 Å². The second kappa shape index (κ2) is 3.60. The molecule has 1 aromatic rings. The lowest BCUT2D eigenvalue weighted by atomic mass is 10.2. The highest BCUT2D eigenvalue weighted by atomic mass is 79.9. The highest BCUT2D eigenvalue weighted by Gasteiger charge is 2.12. The van der Waals surface area contributed by atoms with Gasteiger partial charge in [0.2, 0.25) is 0 Å². The molecule has 5 heteroatoms. The third-order valence-corrected chi connectivity index (χ3v) is 3.74. The Bertz CT molecular complexity index is 326. The predicted octanol–water partition coefficient (Wildman–Crippen LogP) is 3.26. The van der Waals surface area contributed by atoms with Gasteiger partial charge in [0.1, 0.15) is 4.34 Å². The molecule has 0 aliphatic rings. The minimum absolute atomic E-state index is 0.0626. The first-order valence-corrected chi connectivity index (χ1v) is 4.88. The molecule has 1 aromatic heterocycles. The summed E-state index contributed by atoms with van der Waals surface area (Å²) in [7, 11) is 0. The number of hydrogen-bond acceptors (Lipinski definition) is 2. The lowest BCUT2D eigenvalue weighted by Crippen LogP contribution is -1.94. The smallest absolute Gasteiger partial charge is 0.336 e. The van der Waals surface area contributed by atoms with Crippen LogP contribution in [-0.2, 0) is 4.79 Å². The van der Waals surface area contributed by atoms with Gasteiger partial charge in [-0.2, -0.15) is 0 Å². The molecule has 0 fully saturated rings. The zero-order valence-corrected chi connectivity index (χ0v) is 8.96. The summed E-state index contributed by atoms with van der Waals surface area (Å²) in [5, 5.41) is 8.58. The maximum absolute atomic E-state index is 10.5. The third kappa shape index (κ3) is 1.88. The third-order valence-electron chi connectivity index (χ3n) is 1.20. The Kier molecular flexibility index (Phi) is 2.93. The fourth-order valence-corrected chi connectivity index (χ4v) is 2.26. The number of thiophene rings is 1. The summed E-state index contributed by atoms with van der Waals surface area (Å²) < 4.78 is 1.24. The van der Waals surface area contributed by atoms with Gasteiger partial charge in [0.25, 0.3) is 0 Å². The molecular weight excluding hydrogens is 263 g/mol. The second-order valence-corrected chi connectivity index (χ2v) is 4.52. The van der Waals surface area contributed by atoms with Crippen molar-refractivity contribution < 1.29 is 9.90 Å². The van der Waals surface area contributed by atoms with Crippen molar-refractivity contribution >= 4 is 50.4 Å². The van der Waals surface area contributed by atoms with Gasteiger partial charge in [-0.3, -0.25) is 0 Å². The molecule has 12 heavy (non-hydrogen) atoms. The number of rotatable bonds is 2. The number of carboxylic acid groups (broad SMARTS) is 1. The van der Waals surface area contributed by atoms with E-state index < -0.39 is 5.97 Å². The van der Waals surface area contributed by atoms with Crippen LogP contribution in [0.5, 0.6) is 0 Å². The molecular formula is C7H4BrClO2S. The van der Waals surface area contributed by atoms with Crippen molar-refractivity contribution in [2.75, 3.05) is 0 Å². The maximum Gasteiger partial charge on any atom is 0.336 e. The zero-order chi connectivity index (χ0) is 9.30. The van der Waals surface area contributed by atoms with Crippen LogP contribution in [0.4, 0.5) is 0 Å². The van der Waals surface area contributed by atoms with Crippen molar-refractivity contribution in [1.29, 1.82) is 0 Å². The van der Waals surface area contributed by atoms with Gasteiger partial charge in [-0.1, -0.05) is 18.2 Å². The first kappa shape index (κ1) is 9.77. The fraction of sp³-hybridized carbons (Fsp3) is 0. The van der Waals surface area contributed by atoms with E-state index in [9.17, 15) is 4.79 Å². The number of hydrogen-bond donors (Lipinski definition) is 1. The standard InChI is InChI=1S/C7H4BrClO2S/c1-3(7(10)11)5-2-4(8)6(9)12-5/h2H,1H2,(H,10,11). The van der Waals surface area contributed by atoms with Crippen LogP contribution in [0.25, 0.3) is 5.57 Å². The van der Waals surface area contributed by atoms with E-state index in [1.807, 2.05) is 0 Å². The van der Waals surface area contributed by atoms with E-state index in [2.05, 4.69) is 22.5 Å². The van der Waals surface area contributed by atoms with Gasteiger partial charge in [-0.05, 0) is 22.0 Å². The number of halogens is 2. The van der Waals surface area contributed by atoms with Crippen LogP contribution in [-0.4, -0.2) is 11.1 Å². The second-order valence-electron chi connectivity index (χ2n) is 2.02. The first-order valence-electron chi connectivity index (χ1n) is 2.89. The van der Waals surface area contributed by atoms with Crippen molar-refractivity contribution in [2.24, 2.45) is 0 Å². The van der Waals surface area contributed by atoms with Crippen LogP contribution in [0.2, 0.25) is 4.34 Å². The predicted molar refractivity (Wildman–Crippen MR) is 53.7 cm³/mol. The van der Waals surface area contributed by atoms with Gasteiger partial charge in [0.05, 0.1) is 5.57 Å². The molecule has 1 rings (SSSR count). The van der Waals surface area contributed by atoms with Gasteiger partial charge in [-0.25, -0.2) is 4.79 Å². The van der Waals surface area contributed by atoms with E-state index >= 15 is 0 Å². The zero-order valence-electron chi connectivity index (χ0n) is 5.80. The Balaban J connectivity index is 3.05. The molecule has 0 unspecified atom stereocenters. The molecule has 0 radical (unpaired) electrons. The Hall–Kier alpha value is -0.320. The van der Waals surface area contributed by atoms with Crippen LogP contribution in [0.1, 0.15) is 4.88 Å². The van der Waals surface area contributed by atoms with E-state index in [-0.39, 0.29) is 5.57 Å². The molecule has 0 bridgehead atoms. The molecule has 1 N–H and O–H groups in total. The average Bonchev–Trinajstić information content (AvgIpc) is 2.30. The number of carboxylic acids is 1. The Morgan fingerprint density at radius 1 is 1.75 bits per heavy atom. The molecule has 0 saturated heterocycles. The van der Waals surface area contributed by atoms with Gasteiger partial charge in [0, 0.05) is 9.35 Å². The van der Waals surface area contributed by atoms with Crippen LogP contribution in [0.3, 0.4) is 0 Å². The quantitative estimate of drug-likeness (QED) is 0.835. The van der Waals surface area contributed by atoms with Crippen LogP contribution >= 0.6 is 38.9 Å². The Morgan fingerprint density at radius 2 is 2.33 bits per heavy atom. The summed E-state index contributed by atoms with van der Waals surface area (Å²) in [6.45, 7) is 3.41. The molecule has 0 atom stereocenters. The minimum atomic E-state index is -1.03. The average molecular weight is 268 g/mol. The summed E-state index contributed by atoms with van der Waals surface area (Å²) in [6, 6.07) is 1.64. The molecule has 0 aliphatic carbocycles. The topological polar surface area (TPSA) is 37.3 Å². The van der Waals surface area contributed by atoms with Crippen LogP contribution in [0, 0.1) is 0 Å². The van der Waals surface area contributed by atoms with Crippen molar-refractivity contribution in [2.45, 2.75) is 0 Å². The van der Waals surface area contributed by atoms with Gasteiger partial charge in [-0.15, -0.1) is 11.3 Å². The highest BCUT2D eigenvalue weighted by Crippen LogP contribution is 2.34. The summed E-state index contributed by atoms with van der Waals surface area (Å²) in [5.41, 5.74) is 0.0626. The molecule has 1 heterocycles. The molecule has 0 amide bonds. The minimum Gasteiger partial charge on any atom is -0.478 e. The maximum atomic E-state index is 10.5. The summed E-state index contributed by atoms with van der Waals surface area (Å²) in [6.07, 6.45) is 0. The normalized spacial score (nSPS) is 9.83. The van der Waals surface area contributed by atoms with Crippen molar-refractivity contribution in [3.05, 3.63) is 26.3 Å². The Morgan fingerprint density at radius 3 is 2.67 bits per heavy atom. The van der Waals surface area contributed by atoms with E-state index in [0.29, 0.717) is 13.7 Å². The van der Waals surface area contributed by atoms with Gasteiger partial charge >= 0.3 is 5.97 Å². The summed E-state index contributed by atoms with van der Waals surface area (Å²) in [5.74, 6) is -1.03. The number of aliphatic carboxylic acids is 1. The molecule has 0 aliphatic heterocycles. The van der Waals surface area contributed by atoms with Gasteiger partial charge in [0.15, 0.2) is 0 Å². The van der Waals surface area contributed by atoms with E-state index in [4.69, 9.17) is 16.7 Å². The molecule has 0 aromatic carbocycles. The largest absolute Gasteiger partial charge is 0.478 e. The van der Waals surface area contributed by atoms with E-state index in [0.717, 1.165) is 0 Å².